The van der Waals surface area contributed by atoms with E-state index in [0.717, 1.165) is 28.3 Å². The highest BCUT2D eigenvalue weighted by Crippen LogP contribution is 2.19. The first-order valence-corrected chi connectivity index (χ1v) is 9.87. The number of hydrogen-bond acceptors (Lipinski definition) is 6. The van der Waals surface area contributed by atoms with Crippen LogP contribution in [0.15, 0.2) is 52.1 Å². The van der Waals surface area contributed by atoms with Crippen LogP contribution in [-0.4, -0.2) is 32.3 Å². The molecule has 1 aliphatic rings. The zero-order chi connectivity index (χ0) is 22.2. The smallest absolute Gasteiger partial charge is 0.338 e. The molecule has 1 aliphatic heterocycles. The number of fused-ring (bicyclic) bond motifs is 2. The maximum Gasteiger partial charge on any atom is 0.338 e. The van der Waals surface area contributed by atoms with E-state index >= 15 is 0 Å². The fraction of sp³-hybridized carbons (Fsp3) is 0.182. The average molecular weight is 436 g/mol. The summed E-state index contributed by atoms with van der Waals surface area (Å²) in [7, 11) is 0. The number of para-hydroxylation sites is 1. The third kappa shape index (κ3) is 3.40. The van der Waals surface area contributed by atoms with Crippen LogP contribution in [0.4, 0.5) is 4.39 Å². The van der Waals surface area contributed by atoms with E-state index < -0.39 is 23.0 Å². The van der Waals surface area contributed by atoms with Crippen LogP contribution in [0.5, 0.6) is 0 Å². The highest BCUT2D eigenvalue weighted by atomic mass is 19.1. The quantitative estimate of drug-likeness (QED) is 0.472. The number of hydrogen-bond donors (Lipinski definition) is 2. The molecule has 0 amide bonds. The van der Waals surface area contributed by atoms with Crippen molar-refractivity contribution in [2.45, 2.75) is 19.6 Å². The Balaban J connectivity index is 1.44. The van der Waals surface area contributed by atoms with Crippen LogP contribution >= 0.6 is 0 Å². The van der Waals surface area contributed by atoms with Gasteiger partial charge >= 0.3 is 11.7 Å². The van der Waals surface area contributed by atoms with Crippen LogP contribution in [0.1, 0.15) is 27.3 Å². The molecule has 0 saturated heterocycles. The number of nitrogens with zero attached hydrogens (tertiary/aromatic N) is 2. The van der Waals surface area contributed by atoms with Crippen molar-refractivity contribution in [2.75, 3.05) is 6.61 Å². The summed E-state index contributed by atoms with van der Waals surface area (Å²) in [5.41, 5.74) is 1.07. The van der Waals surface area contributed by atoms with Crippen molar-refractivity contribution < 1.29 is 18.7 Å². The van der Waals surface area contributed by atoms with Gasteiger partial charge in [-0.05, 0) is 30.3 Å². The summed E-state index contributed by atoms with van der Waals surface area (Å²) in [5.74, 6) is -1.34. The molecule has 0 aliphatic carbocycles. The lowest BCUT2D eigenvalue weighted by atomic mass is 10.1. The van der Waals surface area contributed by atoms with Gasteiger partial charge in [-0.15, -0.1) is 0 Å². The molecular weight excluding hydrogens is 419 g/mol. The Morgan fingerprint density at radius 1 is 1.22 bits per heavy atom. The Bertz CT molecular complexity index is 1470. The van der Waals surface area contributed by atoms with Crippen LogP contribution in [0.2, 0.25) is 0 Å². The van der Waals surface area contributed by atoms with Crippen LogP contribution in [0, 0.1) is 5.82 Å². The zero-order valence-electron chi connectivity index (χ0n) is 16.7. The second-order valence-electron chi connectivity index (χ2n) is 7.29. The molecule has 162 valence electrons. The lowest BCUT2D eigenvalue weighted by Crippen LogP contribution is -2.34. The van der Waals surface area contributed by atoms with Gasteiger partial charge in [-0.3, -0.25) is 9.89 Å². The summed E-state index contributed by atoms with van der Waals surface area (Å²) >= 11 is 0. The average Bonchev–Trinajstić information content (AvgIpc) is 3.21. The molecule has 2 aromatic heterocycles. The Hall–Kier alpha value is -4.05. The van der Waals surface area contributed by atoms with Crippen LogP contribution in [-0.2, 0) is 29.1 Å². The molecule has 0 bridgehead atoms. The van der Waals surface area contributed by atoms with Gasteiger partial charge in [0.1, 0.15) is 18.1 Å². The van der Waals surface area contributed by atoms with Gasteiger partial charge < -0.3 is 14.5 Å². The Kier molecular flexibility index (Phi) is 4.91. The summed E-state index contributed by atoms with van der Waals surface area (Å²) < 4.78 is 25.6. The van der Waals surface area contributed by atoms with Gasteiger partial charge in [0, 0.05) is 17.7 Å². The highest BCUT2D eigenvalue weighted by molar-refractivity contribution is 5.94. The van der Waals surface area contributed by atoms with E-state index in [-0.39, 0.29) is 28.8 Å². The van der Waals surface area contributed by atoms with Crippen LogP contribution < -0.4 is 11.2 Å². The normalized spacial score (nSPS) is 13.2. The fourth-order valence-electron chi connectivity index (χ4n) is 3.70. The largest absolute Gasteiger partial charge is 0.455 e. The number of benzene rings is 2. The van der Waals surface area contributed by atoms with E-state index in [0.29, 0.717) is 18.9 Å². The number of nitrogens with one attached hydrogen (secondary N) is 2. The summed E-state index contributed by atoms with van der Waals surface area (Å²) in [6.07, 6.45) is 0.721. The fourth-order valence-corrected chi connectivity index (χ4v) is 3.70. The molecule has 9 nitrogen and oxygen atoms in total. The van der Waals surface area contributed by atoms with Crippen molar-refractivity contribution in [1.29, 1.82) is 0 Å². The minimum Gasteiger partial charge on any atom is -0.455 e. The molecular formula is C22H17FN4O5. The van der Waals surface area contributed by atoms with E-state index in [1.54, 1.807) is 0 Å². The van der Waals surface area contributed by atoms with Crippen molar-refractivity contribution in [1.82, 2.24) is 19.7 Å². The third-order valence-electron chi connectivity index (χ3n) is 5.35. The number of ether oxygens (including phenoxy) is 2. The van der Waals surface area contributed by atoms with Crippen molar-refractivity contribution in [3.8, 4) is 5.69 Å². The lowest BCUT2D eigenvalue weighted by molar-refractivity contribution is 0.0461. The molecule has 4 aromatic rings. The molecule has 0 radical (unpaired) electrons. The predicted octanol–water partition coefficient (Wildman–Crippen LogP) is 1.97. The topological polar surface area (TPSA) is 119 Å². The summed E-state index contributed by atoms with van der Waals surface area (Å²) in [4.78, 5) is 40.4. The first-order chi connectivity index (χ1) is 15.5. The second-order valence-corrected chi connectivity index (χ2v) is 7.29. The number of rotatable bonds is 4. The van der Waals surface area contributed by atoms with E-state index in [4.69, 9.17) is 9.47 Å². The molecule has 32 heavy (non-hydrogen) atoms. The number of aromatic nitrogens is 4. The maximum atomic E-state index is 14.1. The number of carbonyl (C=O) groups excluding carboxylic acids is 1. The number of halogens is 1. The Morgan fingerprint density at radius 3 is 2.91 bits per heavy atom. The molecule has 0 unspecified atom stereocenters. The molecule has 0 saturated carbocycles. The van der Waals surface area contributed by atoms with Gasteiger partial charge in [0.05, 0.1) is 35.4 Å². The molecule has 0 spiro atoms. The summed E-state index contributed by atoms with van der Waals surface area (Å²) in [5, 5.41) is 7.23. The van der Waals surface area contributed by atoms with E-state index in [1.165, 1.54) is 36.4 Å². The monoisotopic (exact) mass is 436 g/mol. The first-order valence-electron chi connectivity index (χ1n) is 9.87. The molecule has 0 atom stereocenters. The van der Waals surface area contributed by atoms with Crippen molar-refractivity contribution in [3.63, 3.8) is 0 Å². The molecule has 2 aromatic carbocycles. The molecule has 0 fully saturated rings. The minimum absolute atomic E-state index is 0.0442. The standard InChI is InChI=1S/C22H17FN4O5/c23-15-3-1-2-4-19(15)27-20(28)13-6-5-12(9-17(13)24-22(27)30)21(29)32-11-18-14-10-31-8-7-16(14)25-26-18/h1-6,9H,7-8,10-11H2,(H,24,30)(H,25,26). The predicted molar refractivity (Wildman–Crippen MR) is 111 cm³/mol. The molecule has 5 rings (SSSR count). The number of H-pyrrole nitrogens is 2. The van der Waals surface area contributed by atoms with E-state index in [9.17, 15) is 18.8 Å². The van der Waals surface area contributed by atoms with Crippen molar-refractivity contribution >= 4 is 16.9 Å². The summed E-state index contributed by atoms with van der Waals surface area (Å²) in [6, 6.07) is 9.65. The second kappa shape index (κ2) is 7.89. The minimum atomic E-state index is -0.818. The van der Waals surface area contributed by atoms with Gasteiger partial charge in [-0.2, -0.15) is 5.10 Å². The van der Waals surface area contributed by atoms with Gasteiger partial charge in [0.15, 0.2) is 0 Å². The van der Waals surface area contributed by atoms with Crippen molar-refractivity contribution in [3.05, 3.63) is 91.6 Å². The number of carbonyl (C=O) groups is 1. The lowest BCUT2D eigenvalue weighted by Gasteiger charge is -2.12. The van der Waals surface area contributed by atoms with Gasteiger partial charge in [0.2, 0.25) is 0 Å². The molecule has 10 heteroatoms. The van der Waals surface area contributed by atoms with E-state index in [2.05, 4.69) is 15.2 Å². The maximum absolute atomic E-state index is 14.1. The Morgan fingerprint density at radius 2 is 2.06 bits per heavy atom. The number of esters is 1. The Labute approximate surface area is 179 Å². The first kappa shape index (κ1) is 19.9. The SMILES string of the molecule is O=C(OCc1n[nH]c2c1COCC2)c1ccc2c(=O)n(-c3ccccc3F)c(=O)[nH]c2c1. The number of aromatic amines is 2. The van der Waals surface area contributed by atoms with Gasteiger partial charge in [-0.25, -0.2) is 18.5 Å². The van der Waals surface area contributed by atoms with Crippen molar-refractivity contribution in [2.24, 2.45) is 0 Å². The molecule has 2 N–H and O–H groups in total. The van der Waals surface area contributed by atoms with Gasteiger partial charge in [0.25, 0.3) is 5.56 Å². The van der Waals surface area contributed by atoms with Crippen LogP contribution in [0.25, 0.3) is 16.6 Å². The zero-order valence-corrected chi connectivity index (χ0v) is 16.7. The molecule has 3 heterocycles. The van der Waals surface area contributed by atoms with Crippen LogP contribution in [0.3, 0.4) is 0 Å². The highest BCUT2D eigenvalue weighted by Gasteiger charge is 2.19. The summed E-state index contributed by atoms with van der Waals surface area (Å²) in [6.45, 7) is 0.976. The third-order valence-corrected chi connectivity index (χ3v) is 5.35. The van der Waals surface area contributed by atoms with Gasteiger partial charge in [-0.1, -0.05) is 12.1 Å². The van der Waals surface area contributed by atoms with E-state index in [1.807, 2.05) is 0 Å².